The smallest absolute Gasteiger partial charge is 0.338 e. The zero-order valence-corrected chi connectivity index (χ0v) is 15.4. The molecule has 2 aromatic carbocycles. The van der Waals surface area contributed by atoms with Crippen molar-refractivity contribution < 1.29 is 28.5 Å². The number of esters is 2. The summed E-state index contributed by atoms with van der Waals surface area (Å²) in [5, 5.41) is 0. The Labute approximate surface area is 161 Å². The lowest BCUT2D eigenvalue weighted by Gasteiger charge is -2.22. The van der Waals surface area contributed by atoms with Crippen molar-refractivity contribution in [2.24, 2.45) is 0 Å². The molecule has 7 heteroatoms. The van der Waals surface area contributed by atoms with Crippen LogP contribution < -0.4 is 0 Å². The summed E-state index contributed by atoms with van der Waals surface area (Å²) in [7, 11) is 1.45. The van der Waals surface area contributed by atoms with Crippen LogP contribution in [0.15, 0.2) is 60.7 Å². The van der Waals surface area contributed by atoms with Gasteiger partial charge in [0.05, 0.1) is 11.1 Å². The number of hydrogen-bond acceptors (Lipinski definition) is 6. The molecule has 27 heavy (non-hydrogen) atoms. The highest BCUT2D eigenvalue weighted by molar-refractivity contribution is 6.20. The van der Waals surface area contributed by atoms with Crippen molar-refractivity contribution in [3.05, 3.63) is 71.8 Å². The van der Waals surface area contributed by atoms with Gasteiger partial charge in [-0.2, -0.15) is 0 Å². The van der Waals surface area contributed by atoms with Crippen LogP contribution >= 0.6 is 11.6 Å². The van der Waals surface area contributed by atoms with Crippen LogP contribution in [0.3, 0.4) is 0 Å². The average molecular weight is 391 g/mol. The third-order valence-electron chi connectivity index (χ3n) is 4.17. The van der Waals surface area contributed by atoms with Gasteiger partial charge in [-0.15, -0.1) is 0 Å². The lowest BCUT2D eigenvalue weighted by atomic mass is 10.1. The molecule has 142 valence electrons. The largest absolute Gasteiger partial charge is 0.459 e. The number of rotatable bonds is 6. The van der Waals surface area contributed by atoms with Crippen molar-refractivity contribution in [3.8, 4) is 0 Å². The van der Waals surface area contributed by atoms with E-state index in [9.17, 15) is 9.59 Å². The number of alkyl halides is 1. The van der Waals surface area contributed by atoms with Gasteiger partial charge in [0.25, 0.3) is 0 Å². The first-order valence-electron chi connectivity index (χ1n) is 8.40. The Balaban J connectivity index is 1.67. The van der Waals surface area contributed by atoms with Gasteiger partial charge in [-0.05, 0) is 24.3 Å². The van der Waals surface area contributed by atoms with E-state index in [1.807, 2.05) is 0 Å². The Morgan fingerprint density at radius 2 is 1.48 bits per heavy atom. The summed E-state index contributed by atoms with van der Waals surface area (Å²) in [5.74, 6) is -1.03. The van der Waals surface area contributed by atoms with Gasteiger partial charge in [0, 0.05) is 7.11 Å². The summed E-state index contributed by atoms with van der Waals surface area (Å²) < 4.78 is 21.8. The fraction of sp³-hybridized carbons (Fsp3) is 0.300. The number of benzene rings is 2. The predicted molar refractivity (Wildman–Crippen MR) is 97.7 cm³/mol. The van der Waals surface area contributed by atoms with Gasteiger partial charge in [-0.25, -0.2) is 9.59 Å². The molecule has 2 aromatic rings. The van der Waals surface area contributed by atoms with E-state index in [1.165, 1.54) is 7.11 Å². The number of hydrogen-bond donors (Lipinski definition) is 0. The Bertz CT molecular complexity index is 767. The van der Waals surface area contributed by atoms with Crippen LogP contribution in [0.4, 0.5) is 0 Å². The molecule has 6 nitrogen and oxygen atoms in total. The summed E-state index contributed by atoms with van der Waals surface area (Å²) in [4.78, 5) is 24.5. The molecular formula is C20H19ClO6. The monoisotopic (exact) mass is 390 g/mol. The van der Waals surface area contributed by atoms with Gasteiger partial charge < -0.3 is 18.9 Å². The molecule has 0 saturated carbocycles. The first-order chi connectivity index (χ1) is 13.1. The summed E-state index contributed by atoms with van der Waals surface area (Å²) in [6.07, 6.45) is -2.23. The molecule has 0 aliphatic carbocycles. The number of carbonyl (C=O) groups is 2. The van der Waals surface area contributed by atoms with Gasteiger partial charge in [0.1, 0.15) is 18.8 Å². The average Bonchev–Trinajstić information content (AvgIpc) is 3.01. The van der Waals surface area contributed by atoms with E-state index in [-0.39, 0.29) is 6.61 Å². The molecule has 0 spiro atoms. The fourth-order valence-corrected chi connectivity index (χ4v) is 3.16. The Morgan fingerprint density at radius 3 is 2.04 bits per heavy atom. The molecule has 1 saturated heterocycles. The maximum atomic E-state index is 12.4. The SMILES string of the molecule is CO[C@H]1C(Cl)O[C@H](COC(=O)c2ccccc2)[C@H]1OC(=O)c1ccccc1. The minimum atomic E-state index is -0.830. The molecule has 0 aromatic heterocycles. The molecule has 1 unspecified atom stereocenters. The first-order valence-corrected chi connectivity index (χ1v) is 8.84. The molecule has 1 fully saturated rings. The van der Waals surface area contributed by atoms with Crippen molar-refractivity contribution in [3.63, 3.8) is 0 Å². The summed E-state index contributed by atoms with van der Waals surface area (Å²) in [6, 6.07) is 17.1. The van der Waals surface area contributed by atoms with Crippen LogP contribution in [0.5, 0.6) is 0 Å². The van der Waals surface area contributed by atoms with E-state index in [2.05, 4.69) is 0 Å². The van der Waals surface area contributed by atoms with Crippen molar-refractivity contribution >= 4 is 23.5 Å². The maximum absolute atomic E-state index is 12.4. The van der Waals surface area contributed by atoms with E-state index in [0.29, 0.717) is 11.1 Å². The molecule has 3 rings (SSSR count). The van der Waals surface area contributed by atoms with Crippen LogP contribution in [0.1, 0.15) is 20.7 Å². The predicted octanol–water partition coefficient (Wildman–Crippen LogP) is 3.05. The lowest BCUT2D eigenvalue weighted by molar-refractivity contribution is -0.0437. The lowest BCUT2D eigenvalue weighted by Crippen LogP contribution is -2.39. The van der Waals surface area contributed by atoms with Gasteiger partial charge >= 0.3 is 11.9 Å². The molecule has 0 radical (unpaired) electrons. The standard InChI is InChI=1S/C20H19ClO6/c1-24-17-16(27-20(23)14-10-6-3-7-11-14)15(26-18(17)21)12-25-19(22)13-8-4-2-5-9-13/h2-11,15-18H,12H2,1H3/t15-,16-,17-,18?/m1/s1. The summed E-state index contributed by atoms with van der Waals surface area (Å²) in [6.45, 7) is -0.121. The maximum Gasteiger partial charge on any atom is 0.338 e. The molecule has 0 N–H and O–H groups in total. The van der Waals surface area contributed by atoms with Gasteiger partial charge in [0.15, 0.2) is 11.7 Å². The normalized spacial score (nSPS) is 24.4. The molecule has 0 bridgehead atoms. The van der Waals surface area contributed by atoms with E-state index in [1.54, 1.807) is 60.7 Å². The van der Waals surface area contributed by atoms with Crippen molar-refractivity contribution in [1.82, 2.24) is 0 Å². The number of ether oxygens (including phenoxy) is 4. The van der Waals surface area contributed by atoms with Crippen LogP contribution in [-0.4, -0.2) is 49.5 Å². The van der Waals surface area contributed by atoms with Crippen LogP contribution in [-0.2, 0) is 18.9 Å². The van der Waals surface area contributed by atoms with E-state index >= 15 is 0 Å². The van der Waals surface area contributed by atoms with Crippen LogP contribution in [0, 0.1) is 0 Å². The molecule has 4 atom stereocenters. The third kappa shape index (κ3) is 4.66. The second-order valence-electron chi connectivity index (χ2n) is 5.93. The minimum Gasteiger partial charge on any atom is -0.459 e. The second kappa shape index (κ2) is 8.99. The topological polar surface area (TPSA) is 71.1 Å². The van der Waals surface area contributed by atoms with E-state index in [0.717, 1.165) is 0 Å². The zero-order valence-electron chi connectivity index (χ0n) is 14.6. The highest BCUT2D eigenvalue weighted by atomic mass is 35.5. The molecule has 1 heterocycles. The third-order valence-corrected chi connectivity index (χ3v) is 4.52. The van der Waals surface area contributed by atoms with E-state index < -0.39 is 35.8 Å². The number of methoxy groups -OCH3 is 1. The van der Waals surface area contributed by atoms with Gasteiger partial charge in [0.2, 0.25) is 0 Å². The van der Waals surface area contributed by atoms with E-state index in [4.69, 9.17) is 30.5 Å². The summed E-state index contributed by atoms with van der Waals surface area (Å²) in [5.41, 5.74) is -0.0200. The Kier molecular flexibility index (Phi) is 6.45. The van der Waals surface area contributed by atoms with Gasteiger partial charge in [-0.3, -0.25) is 0 Å². The molecule has 1 aliphatic rings. The first kappa shape index (κ1) is 19.4. The number of halogens is 1. The molecular weight excluding hydrogens is 372 g/mol. The summed E-state index contributed by atoms with van der Waals surface area (Å²) >= 11 is 6.15. The van der Waals surface area contributed by atoms with Gasteiger partial charge in [-0.1, -0.05) is 48.0 Å². The van der Waals surface area contributed by atoms with Crippen molar-refractivity contribution in [2.45, 2.75) is 23.9 Å². The zero-order chi connectivity index (χ0) is 19.2. The second-order valence-corrected chi connectivity index (χ2v) is 6.36. The quantitative estimate of drug-likeness (QED) is 0.557. The van der Waals surface area contributed by atoms with Crippen molar-refractivity contribution in [1.29, 1.82) is 0 Å². The highest BCUT2D eigenvalue weighted by Crippen LogP contribution is 2.29. The molecule has 0 amide bonds. The highest BCUT2D eigenvalue weighted by Gasteiger charge is 2.47. The Morgan fingerprint density at radius 1 is 0.926 bits per heavy atom. The Hall–Kier alpha value is -2.41. The minimum absolute atomic E-state index is 0.121. The number of carbonyl (C=O) groups excluding carboxylic acids is 2. The van der Waals surface area contributed by atoms with Crippen LogP contribution in [0.2, 0.25) is 0 Å². The fourth-order valence-electron chi connectivity index (χ4n) is 2.78. The van der Waals surface area contributed by atoms with Crippen molar-refractivity contribution in [2.75, 3.05) is 13.7 Å². The molecule has 1 aliphatic heterocycles. The van der Waals surface area contributed by atoms with Crippen LogP contribution in [0.25, 0.3) is 0 Å².